The van der Waals surface area contributed by atoms with E-state index < -0.39 is 10.0 Å². The summed E-state index contributed by atoms with van der Waals surface area (Å²) in [5, 5.41) is 2.83. The monoisotopic (exact) mass is 407 g/mol. The maximum absolute atomic E-state index is 13.2. The summed E-state index contributed by atoms with van der Waals surface area (Å²) >= 11 is 0. The Kier molecular flexibility index (Phi) is 6.78. The summed E-state index contributed by atoms with van der Waals surface area (Å²) in [6, 6.07) is 7.12. The van der Waals surface area contributed by atoms with Gasteiger partial charge >= 0.3 is 0 Å². The molecule has 3 rings (SSSR count). The van der Waals surface area contributed by atoms with Crippen LogP contribution in [0.15, 0.2) is 29.2 Å². The number of para-hydroxylation sites is 1. The fourth-order valence-corrected chi connectivity index (χ4v) is 5.65. The van der Waals surface area contributed by atoms with E-state index in [1.54, 1.807) is 31.3 Å². The smallest absolute Gasteiger partial charge is 0.245 e. The predicted octanol–water partition coefficient (Wildman–Crippen LogP) is 3.31. The Morgan fingerprint density at radius 3 is 2.39 bits per heavy atom. The van der Waals surface area contributed by atoms with Gasteiger partial charge in [-0.15, -0.1) is 0 Å². The lowest BCUT2D eigenvalue weighted by Gasteiger charge is -2.31. The Bertz CT molecular complexity index is 786. The third-order valence-corrected chi connectivity index (χ3v) is 8.27. The van der Waals surface area contributed by atoms with Crippen molar-refractivity contribution in [1.29, 1.82) is 0 Å². The number of nitrogens with one attached hydrogen (secondary N) is 1. The number of carbonyl (C=O) groups excluding carboxylic acids is 1. The molecule has 0 aromatic heterocycles. The first-order valence-electron chi connectivity index (χ1n) is 10.4. The number of likely N-dealkylation sites (N-methyl/N-ethyl adjacent to an activating group) is 1. The van der Waals surface area contributed by atoms with Gasteiger partial charge in [-0.2, -0.15) is 4.31 Å². The fourth-order valence-electron chi connectivity index (χ4n) is 4.09. The van der Waals surface area contributed by atoms with E-state index in [2.05, 4.69) is 12.2 Å². The normalized spacial score (nSPS) is 19.8. The Balaban J connectivity index is 1.71. The zero-order chi connectivity index (χ0) is 20.3. The Morgan fingerprint density at radius 1 is 1.11 bits per heavy atom. The van der Waals surface area contributed by atoms with Crippen molar-refractivity contribution in [3.05, 3.63) is 24.3 Å². The number of benzene rings is 1. The van der Waals surface area contributed by atoms with E-state index in [0.29, 0.717) is 17.6 Å². The molecule has 28 heavy (non-hydrogen) atoms. The van der Waals surface area contributed by atoms with E-state index in [4.69, 9.17) is 0 Å². The van der Waals surface area contributed by atoms with Crippen molar-refractivity contribution >= 4 is 21.6 Å². The van der Waals surface area contributed by atoms with Gasteiger partial charge in [0.25, 0.3) is 0 Å². The first kappa shape index (κ1) is 21.3. The van der Waals surface area contributed by atoms with Crippen LogP contribution in [0.1, 0.15) is 51.9 Å². The number of hydrogen-bond donors (Lipinski definition) is 1. The molecular formula is C21H33N3O3S. The average molecular weight is 408 g/mol. The van der Waals surface area contributed by atoms with E-state index >= 15 is 0 Å². The molecule has 0 bridgehead atoms. The van der Waals surface area contributed by atoms with Crippen molar-refractivity contribution in [2.75, 3.05) is 26.0 Å². The van der Waals surface area contributed by atoms with Crippen LogP contribution in [0.5, 0.6) is 0 Å². The van der Waals surface area contributed by atoms with Gasteiger partial charge in [-0.05, 0) is 57.7 Å². The molecule has 2 aliphatic carbocycles. The van der Waals surface area contributed by atoms with Gasteiger partial charge in [0.15, 0.2) is 0 Å². The Hall–Kier alpha value is -1.44. The zero-order valence-electron chi connectivity index (χ0n) is 17.2. The van der Waals surface area contributed by atoms with Gasteiger partial charge in [0.2, 0.25) is 15.9 Å². The van der Waals surface area contributed by atoms with Crippen LogP contribution in [-0.2, 0) is 14.8 Å². The third kappa shape index (κ3) is 4.93. The van der Waals surface area contributed by atoms with E-state index in [1.165, 1.54) is 23.6 Å². The van der Waals surface area contributed by atoms with E-state index in [-0.39, 0.29) is 23.4 Å². The quantitative estimate of drug-likeness (QED) is 0.718. The van der Waals surface area contributed by atoms with Crippen molar-refractivity contribution in [1.82, 2.24) is 9.21 Å². The zero-order valence-corrected chi connectivity index (χ0v) is 18.0. The van der Waals surface area contributed by atoms with Crippen molar-refractivity contribution in [3.63, 3.8) is 0 Å². The third-order valence-electron chi connectivity index (χ3n) is 6.30. The second kappa shape index (κ2) is 8.93. The SMILES string of the molecule is CC(C1CC1)N(C)CC(=O)Nc1ccccc1S(=O)(=O)N(C)C1CCCCC1. The van der Waals surface area contributed by atoms with Gasteiger partial charge in [-0.1, -0.05) is 31.4 Å². The molecule has 156 valence electrons. The number of hydrogen-bond acceptors (Lipinski definition) is 4. The second-order valence-electron chi connectivity index (χ2n) is 8.35. The molecule has 7 heteroatoms. The van der Waals surface area contributed by atoms with E-state index in [1.807, 2.05) is 11.9 Å². The lowest BCUT2D eigenvalue weighted by Crippen LogP contribution is -2.39. The highest BCUT2D eigenvalue weighted by Crippen LogP contribution is 2.34. The van der Waals surface area contributed by atoms with Gasteiger partial charge in [0, 0.05) is 19.1 Å². The highest BCUT2D eigenvalue weighted by Gasteiger charge is 2.32. The minimum absolute atomic E-state index is 0.0352. The van der Waals surface area contributed by atoms with Gasteiger partial charge in [0.1, 0.15) is 4.90 Å². The van der Waals surface area contributed by atoms with Crippen molar-refractivity contribution in [2.45, 2.75) is 68.8 Å². The number of carbonyl (C=O) groups is 1. The lowest BCUT2D eigenvalue weighted by atomic mass is 9.96. The molecule has 0 saturated heterocycles. The highest BCUT2D eigenvalue weighted by molar-refractivity contribution is 7.89. The molecule has 1 amide bonds. The lowest BCUT2D eigenvalue weighted by molar-refractivity contribution is -0.117. The molecule has 0 aliphatic heterocycles. The molecule has 0 heterocycles. The molecule has 0 radical (unpaired) electrons. The summed E-state index contributed by atoms with van der Waals surface area (Å²) in [5.41, 5.74) is 0.364. The first-order chi connectivity index (χ1) is 13.3. The summed E-state index contributed by atoms with van der Waals surface area (Å²) in [5.74, 6) is 0.493. The number of rotatable bonds is 8. The topological polar surface area (TPSA) is 69.7 Å². The van der Waals surface area contributed by atoms with Crippen molar-refractivity contribution in [3.8, 4) is 0 Å². The maximum Gasteiger partial charge on any atom is 0.245 e. The molecule has 1 atom stereocenters. The molecule has 0 spiro atoms. The van der Waals surface area contributed by atoms with Crippen molar-refractivity contribution in [2.24, 2.45) is 5.92 Å². The number of nitrogens with zero attached hydrogens (tertiary/aromatic N) is 2. The summed E-state index contributed by atoms with van der Waals surface area (Å²) in [7, 11) is -0.0499. The minimum Gasteiger partial charge on any atom is -0.324 e. The van der Waals surface area contributed by atoms with Crippen LogP contribution in [0.25, 0.3) is 0 Å². The molecule has 6 nitrogen and oxygen atoms in total. The van der Waals surface area contributed by atoms with Gasteiger partial charge < -0.3 is 5.32 Å². The van der Waals surface area contributed by atoms with Crippen LogP contribution in [0.4, 0.5) is 5.69 Å². The Morgan fingerprint density at radius 2 is 1.75 bits per heavy atom. The van der Waals surface area contributed by atoms with Crippen LogP contribution in [-0.4, -0.2) is 56.3 Å². The summed E-state index contributed by atoms with van der Waals surface area (Å²) in [6.45, 7) is 2.40. The van der Waals surface area contributed by atoms with E-state index in [0.717, 1.165) is 25.7 Å². The summed E-state index contributed by atoms with van der Waals surface area (Å²) in [4.78, 5) is 14.8. The van der Waals surface area contributed by atoms with Crippen molar-refractivity contribution < 1.29 is 13.2 Å². The molecule has 1 N–H and O–H groups in total. The molecule has 2 fully saturated rings. The predicted molar refractivity (Wildman–Crippen MR) is 112 cm³/mol. The summed E-state index contributed by atoms with van der Waals surface area (Å²) in [6.07, 6.45) is 7.54. The highest BCUT2D eigenvalue weighted by atomic mass is 32.2. The number of amides is 1. The fraction of sp³-hybridized carbons (Fsp3) is 0.667. The number of sulfonamides is 1. The second-order valence-corrected chi connectivity index (χ2v) is 10.3. The molecule has 2 aliphatic rings. The molecular weight excluding hydrogens is 374 g/mol. The standard InChI is InChI=1S/C21H33N3O3S/c1-16(17-13-14-17)23(2)15-21(25)22-19-11-7-8-12-20(19)28(26,27)24(3)18-9-5-4-6-10-18/h7-8,11-12,16-18H,4-6,9-10,13-15H2,1-3H3,(H,22,25). The largest absolute Gasteiger partial charge is 0.324 e. The maximum atomic E-state index is 13.2. The van der Waals surface area contributed by atoms with Gasteiger partial charge in [-0.3, -0.25) is 9.69 Å². The summed E-state index contributed by atoms with van der Waals surface area (Å²) < 4.78 is 28.0. The van der Waals surface area contributed by atoms with Crippen LogP contribution < -0.4 is 5.32 Å². The first-order valence-corrected chi connectivity index (χ1v) is 11.8. The molecule has 1 aromatic carbocycles. The number of anilines is 1. The van der Waals surface area contributed by atoms with Crippen LogP contribution in [0, 0.1) is 5.92 Å². The van der Waals surface area contributed by atoms with E-state index in [9.17, 15) is 13.2 Å². The van der Waals surface area contributed by atoms with Crippen LogP contribution in [0.2, 0.25) is 0 Å². The van der Waals surface area contributed by atoms with Crippen LogP contribution >= 0.6 is 0 Å². The van der Waals surface area contributed by atoms with Gasteiger partial charge in [-0.25, -0.2) is 8.42 Å². The minimum atomic E-state index is -3.66. The average Bonchev–Trinajstić information content (AvgIpc) is 3.53. The van der Waals surface area contributed by atoms with Crippen LogP contribution in [0.3, 0.4) is 0 Å². The Labute approximate surface area is 169 Å². The van der Waals surface area contributed by atoms with Gasteiger partial charge in [0.05, 0.1) is 12.2 Å². The molecule has 1 unspecified atom stereocenters. The molecule has 1 aromatic rings. The molecule has 2 saturated carbocycles.